The summed E-state index contributed by atoms with van der Waals surface area (Å²) in [6.45, 7) is 6.48. The first-order valence-corrected chi connectivity index (χ1v) is 7.05. The van der Waals surface area contributed by atoms with Gasteiger partial charge in [-0.15, -0.1) is 0 Å². The molecule has 17 heavy (non-hydrogen) atoms. The molecular formula is C13H23N3O. The molecule has 1 unspecified atom stereocenters. The number of amides is 1. The summed E-state index contributed by atoms with van der Waals surface area (Å²) in [5.74, 6) is 0.996. The second kappa shape index (κ2) is 4.94. The first kappa shape index (κ1) is 11.5. The summed E-state index contributed by atoms with van der Waals surface area (Å²) in [4.78, 5) is 16.9. The topological polar surface area (TPSA) is 35.6 Å². The fraction of sp³-hybridized carbons (Fsp3) is 0.923. The molecule has 3 saturated heterocycles. The average Bonchev–Trinajstić information content (AvgIpc) is 2.61. The second-order valence-corrected chi connectivity index (χ2v) is 5.75. The molecule has 0 radical (unpaired) electrons. The Balaban J connectivity index is 1.56. The van der Waals surface area contributed by atoms with E-state index in [-0.39, 0.29) is 0 Å². The number of carbonyl (C=O) groups is 1. The van der Waals surface area contributed by atoms with Gasteiger partial charge in [-0.1, -0.05) is 0 Å². The van der Waals surface area contributed by atoms with Gasteiger partial charge >= 0.3 is 0 Å². The molecule has 3 aliphatic heterocycles. The van der Waals surface area contributed by atoms with E-state index >= 15 is 0 Å². The molecule has 0 spiro atoms. The predicted molar refractivity (Wildman–Crippen MR) is 66.8 cm³/mol. The molecule has 3 fully saturated rings. The Labute approximate surface area is 103 Å². The summed E-state index contributed by atoms with van der Waals surface area (Å²) >= 11 is 0. The summed E-state index contributed by atoms with van der Waals surface area (Å²) in [6, 6.07) is 0.654. The van der Waals surface area contributed by atoms with E-state index in [0.29, 0.717) is 17.9 Å². The van der Waals surface area contributed by atoms with Crippen LogP contribution in [0.15, 0.2) is 0 Å². The van der Waals surface area contributed by atoms with Crippen LogP contribution >= 0.6 is 0 Å². The van der Waals surface area contributed by atoms with Gasteiger partial charge < -0.3 is 10.2 Å². The molecule has 1 atom stereocenters. The summed E-state index contributed by atoms with van der Waals surface area (Å²) in [7, 11) is 0. The van der Waals surface area contributed by atoms with Crippen molar-refractivity contribution in [2.24, 2.45) is 5.92 Å². The lowest BCUT2D eigenvalue weighted by Crippen LogP contribution is -2.46. The fourth-order valence-corrected chi connectivity index (χ4v) is 3.30. The van der Waals surface area contributed by atoms with Crippen molar-refractivity contribution in [3.05, 3.63) is 0 Å². The molecule has 96 valence electrons. The van der Waals surface area contributed by atoms with Crippen LogP contribution in [0.2, 0.25) is 0 Å². The minimum Gasteiger partial charge on any atom is -0.341 e. The number of nitrogens with zero attached hydrogens (tertiary/aromatic N) is 2. The Bertz CT molecular complexity index is 290. The Morgan fingerprint density at radius 3 is 2.76 bits per heavy atom. The van der Waals surface area contributed by atoms with Gasteiger partial charge in [0, 0.05) is 32.1 Å². The van der Waals surface area contributed by atoms with Gasteiger partial charge in [-0.25, -0.2) is 0 Å². The molecule has 0 aromatic carbocycles. The molecule has 0 aliphatic carbocycles. The van der Waals surface area contributed by atoms with E-state index in [2.05, 4.69) is 15.1 Å². The van der Waals surface area contributed by atoms with Crippen molar-refractivity contribution < 1.29 is 4.79 Å². The molecule has 0 bridgehead atoms. The van der Waals surface area contributed by atoms with Gasteiger partial charge in [0.05, 0.1) is 0 Å². The zero-order valence-electron chi connectivity index (χ0n) is 10.5. The summed E-state index contributed by atoms with van der Waals surface area (Å²) in [5, 5.41) is 3.24. The highest BCUT2D eigenvalue weighted by molar-refractivity contribution is 5.76. The maximum atomic E-state index is 12.2. The van der Waals surface area contributed by atoms with Gasteiger partial charge in [0.2, 0.25) is 5.91 Å². The lowest BCUT2D eigenvalue weighted by atomic mass is 9.98. The third-order valence-corrected chi connectivity index (χ3v) is 4.49. The molecule has 3 rings (SSSR count). The average molecular weight is 237 g/mol. The predicted octanol–water partition coefficient (Wildman–Crippen LogP) is 0.293. The second-order valence-electron chi connectivity index (χ2n) is 5.75. The monoisotopic (exact) mass is 237 g/mol. The highest BCUT2D eigenvalue weighted by atomic mass is 16.2. The summed E-state index contributed by atoms with van der Waals surface area (Å²) in [5.41, 5.74) is 0. The van der Waals surface area contributed by atoms with Crippen molar-refractivity contribution in [3.63, 3.8) is 0 Å². The quantitative estimate of drug-likeness (QED) is 0.750. The van der Waals surface area contributed by atoms with E-state index in [1.54, 1.807) is 0 Å². The van der Waals surface area contributed by atoms with Gasteiger partial charge in [-0.2, -0.15) is 0 Å². The van der Waals surface area contributed by atoms with Crippen LogP contribution in [0.5, 0.6) is 0 Å². The lowest BCUT2D eigenvalue weighted by Gasteiger charge is -2.30. The number of fused-ring (bicyclic) bond motifs is 1. The smallest absolute Gasteiger partial charge is 0.222 e. The van der Waals surface area contributed by atoms with E-state index in [4.69, 9.17) is 0 Å². The van der Waals surface area contributed by atoms with Gasteiger partial charge in [0.25, 0.3) is 0 Å². The third kappa shape index (κ3) is 2.47. The Kier molecular flexibility index (Phi) is 3.34. The van der Waals surface area contributed by atoms with Crippen LogP contribution in [0, 0.1) is 5.92 Å². The number of nitrogens with one attached hydrogen (secondary N) is 1. The summed E-state index contributed by atoms with van der Waals surface area (Å²) < 4.78 is 0. The highest BCUT2D eigenvalue weighted by Crippen LogP contribution is 2.22. The van der Waals surface area contributed by atoms with Crippen LogP contribution < -0.4 is 5.32 Å². The van der Waals surface area contributed by atoms with E-state index in [1.807, 2.05) is 0 Å². The minimum absolute atomic E-state index is 0.394. The molecule has 1 amide bonds. The van der Waals surface area contributed by atoms with Crippen molar-refractivity contribution in [3.8, 4) is 0 Å². The first-order chi connectivity index (χ1) is 8.33. The van der Waals surface area contributed by atoms with Crippen molar-refractivity contribution in [1.29, 1.82) is 0 Å². The van der Waals surface area contributed by atoms with Crippen LogP contribution in [-0.2, 0) is 4.79 Å². The number of rotatable bonds is 2. The SMILES string of the molecule is O=C(CC1CNC1)N1CCCN2CCCC2C1. The number of hydrogen-bond acceptors (Lipinski definition) is 3. The van der Waals surface area contributed by atoms with Crippen molar-refractivity contribution in [2.75, 3.05) is 39.3 Å². The molecule has 3 heterocycles. The zero-order chi connectivity index (χ0) is 11.7. The summed E-state index contributed by atoms with van der Waals surface area (Å²) in [6.07, 6.45) is 4.53. The normalized spacial score (nSPS) is 30.8. The van der Waals surface area contributed by atoms with E-state index in [9.17, 15) is 4.79 Å². The van der Waals surface area contributed by atoms with E-state index in [1.165, 1.54) is 25.9 Å². The van der Waals surface area contributed by atoms with Crippen LogP contribution in [0.25, 0.3) is 0 Å². The zero-order valence-corrected chi connectivity index (χ0v) is 10.5. The van der Waals surface area contributed by atoms with E-state index < -0.39 is 0 Å². The molecule has 0 saturated carbocycles. The largest absolute Gasteiger partial charge is 0.341 e. The van der Waals surface area contributed by atoms with Crippen molar-refractivity contribution in [2.45, 2.75) is 31.7 Å². The van der Waals surface area contributed by atoms with Crippen molar-refractivity contribution in [1.82, 2.24) is 15.1 Å². The Morgan fingerprint density at radius 1 is 1.18 bits per heavy atom. The van der Waals surface area contributed by atoms with Crippen LogP contribution in [0.4, 0.5) is 0 Å². The minimum atomic E-state index is 0.394. The van der Waals surface area contributed by atoms with Crippen LogP contribution in [0.1, 0.15) is 25.7 Å². The van der Waals surface area contributed by atoms with Gasteiger partial charge in [-0.3, -0.25) is 9.69 Å². The van der Waals surface area contributed by atoms with Gasteiger partial charge in [-0.05, 0) is 44.8 Å². The fourth-order valence-electron chi connectivity index (χ4n) is 3.30. The van der Waals surface area contributed by atoms with Crippen LogP contribution in [-0.4, -0.2) is 61.0 Å². The van der Waals surface area contributed by atoms with Crippen molar-refractivity contribution >= 4 is 5.91 Å². The molecule has 0 aromatic heterocycles. The molecule has 4 heteroatoms. The molecule has 4 nitrogen and oxygen atoms in total. The van der Waals surface area contributed by atoms with Crippen LogP contribution in [0.3, 0.4) is 0 Å². The first-order valence-electron chi connectivity index (χ1n) is 7.05. The third-order valence-electron chi connectivity index (χ3n) is 4.49. The highest BCUT2D eigenvalue weighted by Gasteiger charge is 2.31. The lowest BCUT2D eigenvalue weighted by molar-refractivity contribution is -0.132. The molecule has 0 aromatic rings. The van der Waals surface area contributed by atoms with Gasteiger partial charge in [0.1, 0.15) is 0 Å². The van der Waals surface area contributed by atoms with Gasteiger partial charge in [0.15, 0.2) is 0 Å². The molecule has 3 aliphatic rings. The number of carbonyl (C=O) groups excluding carboxylic acids is 1. The molecular weight excluding hydrogens is 214 g/mol. The Morgan fingerprint density at radius 2 is 2.00 bits per heavy atom. The maximum absolute atomic E-state index is 12.2. The number of hydrogen-bond donors (Lipinski definition) is 1. The standard InChI is InChI=1S/C13H23N3O/c17-13(7-11-8-14-9-11)16-6-2-5-15-4-1-3-12(15)10-16/h11-12,14H,1-10H2. The maximum Gasteiger partial charge on any atom is 0.222 e. The van der Waals surface area contributed by atoms with E-state index in [0.717, 1.165) is 39.0 Å². The Hall–Kier alpha value is -0.610. The molecule has 1 N–H and O–H groups in total.